The molecular weight excluding hydrogens is 422 g/mol. The lowest BCUT2D eigenvalue weighted by Gasteiger charge is -2.28. The van der Waals surface area contributed by atoms with E-state index in [4.69, 9.17) is 14.7 Å². The van der Waals surface area contributed by atoms with E-state index in [9.17, 15) is 9.59 Å². The van der Waals surface area contributed by atoms with Crippen LogP contribution in [0, 0.1) is 0 Å². The highest BCUT2D eigenvalue weighted by Gasteiger charge is 2.51. The lowest BCUT2D eigenvalue weighted by Crippen LogP contribution is -2.49. The van der Waals surface area contributed by atoms with Gasteiger partial charge >= 0.3 is 0 Å². The summed E-state index contributed by atoms with van der Waals surface area (Å²) >= 11 is 0. The van der Waals surface area contributed by atoms with Crippen molar-refractivity contribution in [2.45, 2.75) is 57.3 Å². The number of benzene rings is 2. The van der Waals surface area contributed by atoms with Crippen LogP contribution in [0.15, 0.2) is 59.8 Å². The number of likely N-dealkylation sites (tertiary alicyclic amines) is 1. The Kier molecular flexibility index (Phi) is 6.76. The molecule has 3 atom stereocenters. The SMILES string of the molecule is CC1(C)O[C@@H](C(=O)NCc2ccc(C=NO)cc2)[C@H](C(=O)N2CCC[C@@H]2c2ccccc2)O1. The molecule has 0 bridgehead atoms. The van der Waals surface area contributed by atoms with Crippen molar-refractivity contribution in [1.29, 1.82) is 0 Å². The second-order valence-corrected chi connectivity index (χ2v) is 8.78. The van der Waals surface area contributed by atoms with E-state index >= 15 is 0 Å². The third-order valence-corrected chi connectivity index (χ3v) is 5.97. The Morgan fingerprint density at radius 2 is 1.82 bits per heavy atom. The molecule has 2 fully saturated rings. The Morgan fingerprint density at radius 1 is 1.12 bits per heavy atom. The van der Waals surface area contributed by atoms with E-state index in [2.05, 4.69) is 10.5 Å². The van der Waals surface area contributed by atoms with E-state index in [-0.39, 0.29) is 18.5 Å². The fourth-order valence-corrected chi connectivity index (χ4v) is 4.43. The van der Waals surface area contributed by atoms with Gasteiger partial charge < -0.3 is 24.9 Å². The molecule has 2 aliphatic heterocycles. The maximum absolute atomic E-state index is 13.5. The minimum absolute atomic E-state index is 0.0318. The predicted octanol–water partition coefficient (Wildman–Crippen LogP) is 2.99. The molecule has 2 heterocycles. The summed E-state index contributed by atoms with van der Waals surface area (Å²) in [5.74, 6) is -1.66. The maximum atomic E-state index is 13.5. The Balaban J connectivity index is 1.45. The van der Waals surface area contributed by atoms with Crippen LogP contribution in [0.2, 0.25) is 0 Å². The molecule has 33 heavy (non-hydrogen) atoms. The van der Waals surface area contributed by atoms with E-state index in [1.54, 1.807) is 26.0 Å². The minimum Gasteiger partial charge on any atom is -0.411 e. The normalized spacial score (nSPS) is 24.3. The van der Waals surface area contributed by atoms with Gasteiger partial charge in [0.1, 0.15) is 0 Å². The number of ether oxygens (including phenoxy) is 2. The van der Waals surface area contributed by atoms with Gasteiger partial charge in [0, 0.05) is 13.1 Å². The van der Waals surface area contributed by atoms with Crippen molar-refractivity contribution in [2.24, 2.45) is 5.16 Å². The van der Waals surface area contributed by atoms with E-state index in [1.165, 1.54) is 6.21 Å². The molecule has 2 saturated heterocycles. The summed E-state index contributed by atoms with van der Waals surface area (Å²) in [6, 6.07) is 17.1. The van der Waals surface area contributed by atoms with Gasteiger partial charge in [0.05, 0.1) is 12.3 Å². The molecule has 2 aromatic carbocycles. The molecule has 0 unspecified atom stereocenters. The van der Waals surface area contributed by atoms with Crippen molar-refractivity contribution in [3.8, 4) is 0 Å². The minimum atomic E-state index is -1.05. The molecule has 0 radical (unpaired) electrons. The molecule has 0 saturated carbocycles. The fourth-order valence-electron chi connectivity index (χ4n) is 4.43. The summed E-state index contributed by atoms with van der Waals surface area (Å²) < 4.78 is 11.8. The Labute approximate surface area is 193 Å². The summed E-state index contributed by atoms with van der Waals surface area (Å²) in [7, 11) is 0. The topological polar surface area (TPSA) is 100 Å². The summed E-state index contributed by atoms with van der Waals surface area (Å²) in [4.78, 5) is 28.3. The van der Waals surface area contributed by atoms with Crippen LogP contribution in [0.4, 0.5) is 0 Å². The van der Waals surface area contributed by atoms with Gasteiger partial charge in [-0.25, -0.2) is 0 Å². The molecule has 8 nitrogen and oxygen atoms in total. The summed E-state index contributed by atoms with van der Waals surface area (Å²) in [6.07, 6.45) is 1.06. The zero-order valence-corrected chi connectivity index (χ0v) is 18.8. The highest BCUT2D eigenvalue weighted by molar-refractivity contribution is 5.92. The van der Waals surface area contributed by atoms with Gasteiger partial charge in [-0.15, -0.1) is 0 Å². The van der Waals surface area contributed by atoms with E-state index in [0.29, 0.717) is 6.54 Å². The van der Waals surface area contributed by atoms with Crippen molar-refractivity contribution < 1.29 is 24.3 Å². The fraction of sp³-hybridized carbons (Fsp3) is 0.400. The van der Waals surface area contributed by atoms with Crippen LogP contribution in [0.25, 0.3) is 0 Å². The quantitative estimate of drug-likeness (QED) is 0.400. The Bertz CT molecular complexity index is 1010. The summed E-state index contributed by atoms with van der Waals surface area (Å²) in [6.45, 7) is 4.31. The van der Waals surface area contributed by atoms with Crippen molar-refractivity contribution in [1.82, 2.24) is 10.2 Å². The van der Waals surface area contributed by atoms with Gasteiger partial charge in [-0.2, -0.15) is 0 Å². The zero-order valence-electron chi connectivity index (χ0n) is 18.8. The molecule has 8 heteroatoms. The lowest BCUT2D eigenvalue weighted by molar-refractivity contribution is -0.163. The standard InChI is InChI=1S/C25H29N3O5/c1-25(2)32-21(23(29)26-15-17-10-12-18(13-11-17)16-27-31)22(33-25)24(30)28-14-6-9-20(28)19-7-4-3-5-8-19/h3-5,7-8,10-13,16,20-22,31H,6,9,14-15H2,1-2H3,(H,26,29)/t20-,21-,22-/m1/s1. The molecule has 2 amide bonds. The Morgan fingerprint density at radius 3 is 2.52 bits per heavy atom. The highest BCUT2D eigenvalue weighted by Crippen LogP contribution is 2.36. The number of nitrogens with one attached hydrogen (secondary N) is 1. The first-order valence-corrected chi connectivity index (χ1v) is 11.1. The van der Waals surface area contributed by atoms with Gasteiger partial charge in [-0.05, 0) is 43.4 Å². The number of nitrogens with zero attached hydrogens (tertiary/aromatic N) is 2. The predicted molar refractivity (Wildman–Crippen MR) is 122 cm³/mol. The number of oxime groups is 1. The van der Waals surface area contributed by atoms with Crippen molar-refractivity contribution in [3.05, 3.63) is 71.3 Å². The molecule has 2 N–H and O–H groups in total. The first kappa shape index (κ1) is 22.9. The van der Waals surface area contributed by atoms with Gasteiger partial charge in [0.2, 0.25) is 0 Å². The number of carbonyl (C=O) groups excluding carboxylic acids is 2. The molecule has 0 aliphatic carbocycles. The lowest BCUT2D eigenvalue weighted by atomic mass is 10.0. The first-order valence-electron chi connectivity index (χ1n) is 11.1. The van der Waals surface area contributed by atoms with E-state index in [0.717, 1.165) is 29.5 Å². The zero-order chi connectivity index (χ0) is 23.4. The van der Waals surface area contributed by atoms with E-state index < -0.39 is 23.9 Å². The molecule has 0 spiro atoms. The number of hydrogen-bond acceptors (Lipinski definition) is 6. The average molecular weight is 452 g/mol. The molecule has 2 aliphatic rings. The number of rotatable bonds is 6. The van der Waals surface area contributed by atoms with Gasteiger partial charge in [-0.1, -0.05) is 59.8 Å². The van der Waals surface area contributed by atoms with Crippen LogP contribution in [0.1, 0.15) is 49.4 Å². The van der Waals surface area contributed by atoms with Gasteiger partial charge in [-0.3, -0.25) is 9.59 Å². The first-order chi connectivity index (χ1) is 15.9. The van der Waals surface area contributed by atoms with Crippen LogP contribution in [0.5, 0.6) is 0 Å². The third kappa shape index (κ3) is 5.23. The van der Waals surface area contributed by atoms with Gasteiger partial charge in [0.15, 0.2) is 18.0 Å². The maximum Gasteiger partial charge on any atom is 0.255 e. The van der Waals surface area contributed by atoms with Gasteiger partial charge in [0.25, 0.3) is 11.8 Å². The number of carbonyl (C=O) groups is 2. The molecule has 2 aromatic rings. The molecule has 4 rings (SSSR count). The van der Waals surface area contributed by atoms with E-state index in [1.807, 2.05) is 47.4 Å². The van der Waals surface area contributed by atoms with Crippen LogP contribution >= 0.6 is 0 Å². The second-order valence-electron chi connectivity index (χ2n) is 8.78. The molecule has 174 valence electrons. The van der Waals surface area contributed by atoms with Crippen LogP contribution < -0.4 is 5.32 Å². The second kappa shape index (κ2) is 9.72. The van der Waals surface area contributed by atoms with Crippen LogP contribution in [-0.2, 0) is 25.6 Å². The summed E-state index contributed by atoms with van der Waals surface area (Å²) in [5.41, 5.74) is 2.69. The van der Waals surface area contributed by atoms with Crippen molar-refractivity contribution >= 4 is 18.0 Å². The van der Waals surface area contributed by atoms with Crippen molar-refractivity contribution in [3.63, 3.8) is 0 Å². The smallest absolute Gasteiger partial charge is 0.255 e. The largest absolute Gasteiger partial charge is 0.411 e. The summed E-state index contributed by atoms with van der Waals surface area (Å²) in [5, 5.41) is 14.5. The Hall–Kier alpha value is -3.23. The molecule has 0 aromatic heterocycles. The number of amides is 2. The highest BCUT2D eigenvalue weighted by atomic mass is 16.8. The van der Waals surface area contributed by atoms with Crippen molar-refractivity contribution in [2.75, 3.05) is 6.54 Å². The molecular formula is C25H29N3O5. The number of hydrogen-bond donors (Lipinski definition) is 2. The third-order valence-electron chi connectivity index (χ3n) is 5.97. The van der Waals surface area contributed by atoms with Crippen LogP contribution in [0.3, 0.4) is 0 Å². The average Bonchev–Trinajstić information content (AvgIpc) is 3.43. The monoisotopic (exact) mass is 451 g/mol. The van der Waals surface area contributed by atoms with Crippen LogP contribution in [-0.4, -0.2) is 52.7 Å².